The molecule has 4 rings (SSSR count). The minimum Gasteiger partial charge on any atom is -0.271 e. The third-order valence-electron chi connectivity index (χ3n) is 4.65. The summed E-state index contributed by atoms with van der Waals surface area (Å²) in [5, 5.41) is 5.52. The Morgan fingerprint density at radius 1 is 0.970 bits per heavy atom. The summed E-state index contributed by atoms with van der Waals surface area (Å²) in [7, 11) is 0. The van der Waals surface area contributed by atoms with Gasteiger partial charge >= 0.3 is 5.69 Å². The van der Waals surface area contributed by atoms with Gasteiger partial charge in [-0.2, -0.15) is 9.78 Å². The zero-order valence-electron chi connectivity index (χ0n) is 16.6. The molecule has 4 aromatic rings. The standard InChI is InChI=1S/C22H14Cl4N4O2S/c23-9-12-1-6-19(27-10-12)33-21(13-2-4-14(24)5-3-13)20-16(25)7-15(8-17(20)26)30-22(32)29-18(31)11-28-30/h1-8,10-11,21H,9H2,(H,29,31,32). The van der Waals surface area contributed by atoms with Gasteiger partial charge in [-0.1, -0.05) is 64.8 Å². The fourth-order valence-electron chi connectivity index (χ4n) is 3.09. The lowest BCUT2D eigenvalue weighted by atomic mass is 10.0. The largest absolute Gasteiger partial charge is 0.349 e. The molecule has 2 aromatic carbocycles. The highest BCUT2D eigenvalue weighted by molar-refractivity contribution is 7.99. The number of benzene rings is 2. The Bertz CT molecular complexity index is 1380. The minimum absolute atomic E-state index is 0.319. The van der Waals surface area contributed by atoms with Crippen molar-refractivity contribution in [3.05, 3.63) is 114 Å². The van der Waals surface area contributed by atoms with Gasteiger partial charge in [-0.15, -0.1) is 11.6 Å². The molecule has 0 spiro atoms. The highest BCUT2D eigenvalue weighted by atomic mass is 35.5. The van der Waals surface area contributed by atoms with E-state index in [2.05, 4.69) is 15.1 Å². The third-order valence-corrected chi connectivity index (χ3v) is 7.06. The maximum Gasteiger partial charge on any atom is 0.349 e. The van der Waals surface area contributed by atoms with Crippen molar-refractivity contribution in [2.75, 3.05) is 0 Å². The fraction of sp³-hybridized carbons (Fsp3) is 0.0909. The van der Waals surface area contributed by atoms with Crippen molar-refractivity contribution in [3.8, 4) is 5.69 Å². The van der Waals surface area contributed by atoms with E-state index in [1.807, 2.05) is 24.3 Å². The summed E-state index contributed by atoms with van der Waals surface area (Å²) >= 11 is 26.8. The molecule has 1 atom stereocenters. The van der Waals surface area contributed by atoms with E-state index < -0.39 is 11.2 Å². The van der Waals surface area contributed by atoms with Gasteiger partial charge in [0.25, 0.3) is 5.56 Å². The maximum absolute atomic E-state index is 12.2. The first kappa shape index (κ1) is 23.9. The summed E-state index contributed by atoms with van der Waals surface area (Å²) in [5.74, 6) is 0.371. The predicted molar refractivity (Wildman–Crippen MR) is 133 cm³/mol. The van der Waals surface area contributed by atoms with Crippen LogP contribution in [0, 0.1) is 0 Å². The second-order valence-corrected chi connectivity index (χ2v) is 9.51. The van der Waals surface area contributed by atoms with Crippen LogP contribution in [0.25, 0.3) is 5.69 Å². The van der Waals surface area contributed by atoms with Gasteiger partial charge in [-0.25, -0.2) is 9.78 Å². The summed E-state index contributed by atoms with van der Waals surface area (Å²) in [6.45, 7) is 0. The van der Waals surface area contributed by atoms with Gasteiger partial charge < -0.3 is 0 Å². The minimum atomic E-state index is -0.699. The summed E-state index contributed by atoms with van der Waals surface area (Å²) in [6, 6.07) is 14.3. The zero-order valence-corrected chi connectivity index (χ0v) is 20.5. The molecule has 11 heteroatoms. The van der Waals surface area contributed by atoms with E-state index in [0.717, 1.165) is 27.0 Å². The number of rotatable bonds is 6. The number of H-pyrrole nitrogens is 1. The van der Waals surface area contributed by atoms with Crippen LogP contribution in [0.1, 0.15) is 21.9 Å². The van der Waals surface area contributed by atoms with Gasteiger partial charge in [0.15, 0.2) is 0 Å². The maximum atomic E-state index is 12.2. The molecule has 6 nitrogen and oxygen atoms in total. The average molecular weight is 540 g/mol. The molecule has 0 radical (unpaired) electrons. The van der Waals surface area contributed by atoms with Crippen molar-refractivity contribution in [2.24, 2.45) is 0 Å². The van der Waals surface area contributed by atoms with Crippen LogP contribution >= 0.6 is 58.2 Å². The monoisotopic (exact) mass is 538 g/mol. The van der Waals surface area contributed by atoms with Crippen LogP contribution in [-0.4, -0.2) is 19.7 Å². The Kier molecular flexibility index (Phi) is 7.46. The van der Waals surface area contributed by atoms with Crippen LogP contribution in [0.15, 0.2) is 75.5 Å². The van der Waals surface area contributed by atoms with Gasteiger partial charge in [-0.05, 0) is 41.5 Å². The number of alkyl halides is 1. The van der Waals surface area contributed by atoms with Crippen molar-refractivity contribution in [3.63, 3.8) is 0 Å². The molecule has 0 saturated carbocycles. The van der Waals surface area contributed by atoms with Gasteiger partial charge in [0.1, 0.15) is 6.20 Å². The molecular weight excluding hydrogens is 526 g/mol. The number of thioether (sulfide) groups is 1. The van der Waals surface area contributed by atoms with Crippen LogP contribution in [0.2, 0.25) is 15.1 Å². The molecule has 0 saturated heterocycles. The van der Waals surface area contributed by atoms with Crippen molar-refractivity contribution in [2.45, 2.75) is 16.2 Å². The zero-order chi connectivity index (χ0) is 23.5. The van der Waals surface area contributed by atoms with E-state index in [1.165, 1.54) is 11.8 Å². The molecule has 2 aromatic heterocycles. The molecule has 0 aliphatic carbocycles. The highest BCUT2D eigenvalue weighted by Crippen LogP contribution is 2.46. The van der Waals surface area contributed by atoms with Crippen LogP contribution in [-0.2, 0) is 5.88 Å². The lowest BCUT2D eigenvalue weighted by Gasteiger charge is -2.21. The van der Waals surface area contributed by atoms with E-state index in [9.17, 15) is 9.59 Å². The number of hydrogen-bond donors (Lipinski definition) is 1. The number of aromatic amines is 1. The highest BCUT2D eigenvalue weighted by Gasteiger charge is 2.24. The number of hydrogen-bond acceptors (Lipinski definition) is 5. The molecule has 0 aliphatic rings. The predicted octanol–water partition coefficient (Wildman–Crippen LogP) is 5.90. The molecule has 0 bridgehead atoms. The normalized spacial score (nSPS) is 12.0. The molecule has 1 unspecified atom stereocenters. The van der Waals surface area contributed by atoms with Crippen LogP contribution < -0.4 is 11.2 Å². The van der Waals surface area contributed by atoms with E-state index in [4.69, 9.17) is 46.4 Å². The molecule has 1 N–H and O–H groups in total. The number of nitrogens with zero attached hydrogens (tertiary/aromatic N) is 3. The van der Waals surface area contributed by atoms with Gasteiger partial charge in [0.05, 0.1) is 16.0 Å². The summed E-state index contributed by atoms with van der Waals surface area (Å²) < 4.78 is 1.01. The van der Waals surface area contributed by atoms with Gasteiger partial charge in [0, 0.05) is 32.7 Å². The van der Waals surface area contributed by atoms with E-state index in [0.29, 0.717) is 32.2 Å². The van der Waals surface area contributed by atoms with Crippen molar-refractivity contribution >= 4 is 58.2 Å². The molecule has 168 valence electrons. The molecular formula is C22H14Cl4N4O2S. The molecule has 0 aliphatic heterocycles. The van der Waals surface area contributed by atoms with Crippen molar-refractivity contribution in [1.29, 1.82) is 0 Å². The Morgan fingerprint density at radius 3 is 2.24 bits per heavy atom. The molecule has 0 amide bonds. The number of halogens is 4. The SMILES string of the molecule is O=c1cnn(-c2cc(Cl)c(C(Sc3ccc(CCl)cn3)c3ccc(Cl)cc3)c(Cl)c2)c(=O)[nH]1. The lowest BCUT2D eigenvalue weighted by Crippen LogP contribution is -2.30. The topological polar surface area (TPSA) is 80.6 Å². The first-order chi connectivity index (χ1) is 15.9. The van der Waals surface area contributed by atoms with E-state index >= 15 is 0 Å². The first-order valence-corrected chi connectivity index (χ1v) is 12.0. The lowest BCUT2D eigenvalue weighted by molar-refractivity contribution is 0.749. The van der Waals surface area contributed by atoms with E-state index in [-0.39, 0.29) is 5.25 Å². The molecule has 2 heterocycles. The van der Waals surface area contributed by atoms with E-state index in [1.54, 1.807) is 30.5 Å². The number of aromatic nitrogens is 4. The molecule has 33 heavy (non-hydrogen) atoms. The molecule has 0 fully saturated rings. The number of nitrogens with one attached hydrogen (secondary N) is 1. The van der Waals surface area contributed by atoms with Crippen LogP contribution in [0.5, 0.6) is 0 Å². The number of pyridine rings is 1. The Labute approximate surface area is 212 Å². The summed E-state index contributed by atoms with van der Waals surface area (Å²) in [5.41, 5.74) is 1.47. The fourth-order valence-corrected chi connectivity index (χ4v) is 5.37. The third kappa shape index (κ3) is 5.45. The quantitative estimate of drug-likeness (QED) is 0.244. The Morgan fingerprint density at radius 2 is 1.67 bits per heavy atom. The summed E-state index contributed by atoms with van der Waals surface area (Å²) in [4.78, 5) is 30.1. The summed E-state index contributed by atoms with van der Waals surface area (Å²) in [6.07, 6.45) is 2.72. The first-order valence-electron chi connectivity index (χ1n) is 9.46. The smallest absolute Gasteiger partial charge is 0.271 e. The average Bonchev–Trinajstić information content (AvgIpc) is 2.79. The second kappa shape index (κ2) is 10.3. The van der Waals surface area contributed by atoms with Gasteiger partial charge in [0.2, 0.25) is 0 Å². The Hall–Kier alpha value is -2.29. The van der Waals surface area contributed by atoms with Crippen LogP contribution in [0.3, 0.4) is 0 Å². The second-order valence-electron chi connectivity index (χ2n) is 6.86. The van der Waals surface area contributed by atoms with Crippen LogP contribution in [0.4, 0.5) is 0 Å². The van der Waals surface area contributed by atoms with Gasteiger partial charge in [-0.3, -0.25) is 9.78 Å². The Balaban J connectivity index is 1.81. The van der Waals surface area contributed by atoms with Crippen molar-refractivity contribution < 1.29 is 0 Å². The van der Waals surface area contributed by atoms with Crippen molar-refractivity contribution in [1.82, 2.24) is 19.7 Å².